The molecule has 1 rings (SSSR count). The average Bonchev–Trinajstić information content (AvgIpc) is 2.07. The highest BCUT2D eigenvalue weighted by Gasteiger charge is 2.17. The molecule has 0 heterocycles. The van der Waals surface area contributed by atoms with E-state index in [-0.39, 0.29) is 0 Å². The quantitative estimate of drug-likeness (QED) is 0.667. The minimum atomic E-state index is 0.699. The molecule has 2 atom stereocenters. The summed E-state index contributed by atoms with van der Waals surface area (Å²) in [6.45, 7) is 8.15. The Balaban J connectivity index is 1.97. The highest BCUT2D eigenvalue weighted by atomic mass is 14.9. The molecule has 2 unspecified atom stereocenters. The van der Waals surface area contributed by atoms with Crippen LogP contribution in [0, 0.1) is 11.8 Å². The van der Waals surface area contributed by atoms with Crippen LogP contribution in [0.5, 0.6) is 0 Å². The lowest BCUT2D eigenvalue weighted by Crippen LogP contribution is -2.33. The molecule has 0 bridgehead atoms. The van der Waals surface area contributed by atoms with Gasteiger partial charge in [-0.3, -0.25) is 0 Å². The molecule has 0 aromatic rings. The fourth-order valence-corrected chi connectivity index (χ4v) is 1.85. The summed E-state index contributed by atoms with van der Waals surface area (Å²) in [6.07, 6.45) is 7.14. The zero-order valence-corrected chi connectivity index (χ0v) is 9.47. The Hall–Kier alpha value is -0.0400. The van der Waals surface area contributed by atoms with E-state index < -0.39 is 0 Å². The Kier molecular flexibility index (Phi) is 4.79. The molecular formula is C12H25N. The Morgan fingerprint density at radius 1 is 1.31 bits per heavy atom. The summed E-state index contributed by atoms with van der Waals surface area (Å²) in [5.74, 6) is 1.87. The summed E-state index contributed by atoms with van der Waals surface area (Å²) < 4.78 is 0. The summed E-state index contributed by atoms with van der Waals surface area (Å²) >= 11 is 0. The molecule has 0 amide bonds. The molecule has 1 nitrogen and oxygen atoms in total. The van der Waals surface area contributed by atoms with E-state index in [0.717, 1.165) is 11.8 Å². The van der Waals surface area contributed by atoms with Gasteiger partial charge in [-0.25, -0.2) is 0 Å². The first-order valence-corrected chi connectivity index (χ1v) is 5.97. The minimum Gasteiger partial charge on any atom is -0.314 e. The third-order valence-electron chi connectivity index (χ3n) is 3.74. The van der Waals surface area contributed by atoms with Gasteiger partial charge in [0.05, 0.1) is 0 Å². The molecule has 0 radical (unpaired) electrons. The molecule has 0 saturated heterocycles. The lowest BCUT2D eigenvalue weighted by Gasteiger charge is -2.27. The molecular weight excluding hydrogens is 158 g/mol. The van der Waals surface area contributed by atoms with Crippen molar-refractivity contribution >= 4 is 0 Å². The molecule has 1 aliphatic carbocycles. The highest BCUT2D eigenvalue weighted by molar-refractivity contribution is 4.72. The van der Waals surface area contributed by atoms with Gasteiger partial charge >= 0.3 is 0 Å². The third-order valence-corrected chi connectivity index (χ3v) is 3.74. The molecule has 1 heteroatoms. The summed E-state index contributed by atoms with van der Waals surface area (Å²) in [4.78, 5) is 0. The van der Waals surface area contributed by atoms with Crippen LogP contribution >= 0.6 is 0 Å². The van der Waals surface area contributed by atoms with Gasteiger partial charge in [-0.2, -0.15) is 0 Å². The monoisotopic (exact) mass is 183 g/mol. The van der Waals surface area contributed by atoms with Gasteiger partial charge in [-0.05, 0) is 31.7 Å². The summed E-state index contributed by atoms with van der Waals surface area (Å²) in [6, 6.07) is 0.699. The predicted octanol–water partition coefficient (Wildman–Crippen LogP) is 3.20. The molecule has 1 fully saturated rings. The van der Waals surface area contributed by atoms with Crippen LogP contribution < -0.4 is 5.32 Å². The van der Waals surface area contributed by atoms with Crippen molar-refractivity contribution in [1.29, 1.82) is 0 Å². The fourth-order valence-electron chi connectivity index (χ4n) is 1.85. The van der Waals surface area contributed by atoms with Crippen molar-refractivity contribution in [3.8, 4) is 0 Å². The Morgan fingerprint density at radius 3 is 2.46 bits per heavy atom. The molecule has 1 N–H and O–H groups in total. The molecule has 0 aromatic carbocycles. The molecule has 1 saturated carbocycles. The van der Waals surface area contributed by atoms with E-state index in [1.54, 1.807) is 0 Å². The Morgan fingerprint density at radius 2 is 2.00 bits per heavy atom. The first-order chi connectivity index (χ1) is 6.24. The molecule has 13 heavy (non-hydrogen) atoms. The average molecular weight is 183 g/mol. The second-order valence-corrected chi connectivity index (χ2v) is 4.71. The van der Waals surface area contributed by atoms with Crippen LogP contribution in [-0.4, -0.2) is 12.6 Å². The van der Waals surface area contributed by atoms with Crippen LogP contribution in [0.15, 0.2) is 0 Å². The second kappa shape index (κ2) is 5.64. The summed E-state index contributed by atoms with van der Waals surface area (Å²) in [7, 11) is 0. The van der Waals surface area contributed by atoms with Gasteiger partial charge in [0.25, 0.3) is 0 Å². The van der Waals surface area contributed by atoms with Crippen LogP contribution in [0.25, 0.3) is 0 Å². The third kappa shape index (κ3) is 3.68. The maximum absolute atomic E-state index is 3.63. The topological polar surface area (TPSA) is 12.0 Å². The van der Waals surface area contributed by atoms with Gasteiger partial charge in [0, 0.05) is 6.04 Å². The smallest absolute Gasteiger partial charge is 0.00642 e. The summed E-state index contributed by atoms with van der Waals surface area (Å²) in [5, 5.41) is 3.63. The lowest BCUT2D eigenvalue weighted by molar-refractivity contribution is 0.280. The minimum absolute atomic E-state index is 0.699. The summed E-state index contributed by atoms with van der Waals surface area (Å²) in [5.41, 5.74) is 0. The zero-order chi connectivity index (χ0) is 9.68. The number of hydrogen-bond donors (Lipinski definition) is 1. The maximum atomic E-state index is 3.63. The van der Waals surface area contributed by atoms with E-state index in [1.807, 2.05) is 0 Å². The fraction of sp³-hybridized carbons (Fsp3) is 1.00. The molecule has 1 aliphatic rings. The predicted molar refractivity (Wildman–Crippen MR) is 58.9 cm³/mol. The van der Waals surface area contributed by atoms with Crippen LogP contribution in [0.2, 0.25) is 0 Å². The van der Waals surface area contributed by atoms with Crippen LogP contribution in [0.1, 0.15) is 52.9 Å². The maximum Gasteiger partial charge on any atom is 0.00642 e. The number of hydrogen-bond acceptors (Lipinski definition) is 1. The van der Waals surface area contributed by atoms with Crippen LogP contribution in [0.4, 0.5) is 0 Å². The van der Waals surface area contributed by atoms with E-state index in [0.29, 0.717) is 6.04 Å². The van der Waals surface area contributed by atoms with Gasteiger partial charge in [-0.1, -0.05) is 39.5 Å². The van der Waals surface area contributed by atoms with Crippen LogP contribution in [-0.2, 0) is 0 Å². The van der Waals surface area contributed by atoms with Crippen molar-refractivity contribution in [3.63, 3.8) is 0 Å². The first-order valence-electron chi connectivity index (χ1n) is 5.97. The van der Waals surface area contributed by atoms with E-state index in [2.05, 4.69) is 26.1 Å². The van der Waals surface area contributed by atoms with Crippen molar-refractivity contribution in [1.82, 2.24) is 5.32 Å². The molecule has 0 aliphatic heterocycles. The second-order valence-electron chi connectivity index (χ2n) is 4.71. The van der Waals surface area contributed by atoms with Crippen molar-refractivity contribution in [2.45, 2.75) is 58.9 Å². The van der Waals surface area contributed by atoms with Gasteiger partial charge in [0.1, 0.15) is 0 Å². The Bertz CT molecular complexity index is 129. The van der Waals surface area contributed by atoms with Crippen molar-refractivity contribution in [2.75, 3.05) is 6.54 Å². The van der Waals surface area contributed by atoms with Crippen molar-refractivity contribution < 1.29 is 0 Å². The zero-order valence-electron chi connectivity index (χ0n) is 9.47. The van der Waals surface area contributed by atoms with Crippen molar-refractivity contribution in [3.05, 3.63) is 0 Å². The van der Waals surface area contributed by atoms with Gasteiger partial charge in [-0.15, -0.1) is 0 Å². The molecule has 0 spiro atoms. The number of rotatable bonds is 6. The Labute approximate surface area is 83.3 Å². The van der Waals surface area contributed by atoms with Crippen molar-refractivity contribution in [2.24, 2.45) is 11.8 Å². The van der Waals surface area contributed by atoms with E-state index in [1.165, 1.54) is 38.6 Å². The number of nitrogens with one attached hydrogen (secondary N) is 1. The lowest BCUT2D eigenvalue weighted by atomic mass is 9.83. The van der Waals surface area contributed by atoms with Gasteiger partial charge in [0.15, 0.2) is 0 Å². The van der Waals surface area contributed by atoms with E-state index in [9.17, 15) is 0 Å². The molecule has 78 valence electrons. The largest absolute Gasteiger partial charge is 0.314 e. The van der Waals surface area contributed by atoms with Crippen LogP contribution in [0.3, 0.4) is 0 Å². The molecule has 0 aromatic heterocycles. The standard InChI is InChI=1S/C12H25N/c1-4-10(2)11(3)13-9-8-12-6-5-7-12/h10-13H,4-9H2,1-3H3. The van der Waals surface area contributed by atoms with E-state index >= 15 is 0 Å². The first kappa shape index (κ1) is 11.0. The van der Waals surface area contributed by atoms with Gasteiger partial charge in [0.2, 0.25) is 0 Å². The SMILES string of the molecule is CCC(C)C(C)NCCC1CCC1. The normalized spacial score (nSPS) is 22.4. The van der Waals surface area contributed by atoms with Gasteiger partial charge < -0.3 is 5.32 Å². The van der Waals surface area contributed by atoms with E-state index in [4.69, 9.17) is 0 Å². The highest BCUT2D eigenvalue weighted by Crippen LogP contribution is 2.28.